The standard InChI is InChI=1S/C15H15ClN2O3S/c1-18(13-7-3-2-4-8-13)15(19)11-17-22(20,21)14-9-5-6-12(16)10-14/h2-10,17H,11H2,1H3. The third kappa shape index (κ3) is 4.07. The van der Waals surface area contributed by atoms with Crippen LogP contribution in [0.25, 0.3) is 0 Å². The molecule has 0 spiro atoms. The highest BCUT2D eigenvalue weighted by Crippen LogP contribution is 2.15. The van der Waals surface area contributed by atoms with Crippen LogP contribution < -0.4 is 9.62 Å². The molecule has 0 unspecified atom stereocenters. The molecular formula is C15H15ClN2O3S. The van der Waals surface area contributed by atoms with Crippen molar-refractivity contribution in [3.63, 3.8) is 0 Å². The smallest absolute Gasteiger partial charge is 0.241 e. The minimum atomic E-state index is -3.78. The van der Waals surface area contributed by atoms with Gasteiger partial charge in [-0.05, 0) is 30.3 Å². The number of carbonyl (C=O) groups is 1. The normalized spacial score (nSPS) is 11.2. The van der Waals surface area contributed by atoms with Crippen LogP contribution in [0.15, 0.2) is 59.5 Å². The van der Waals surface area contributed by atoms with Crippen LogP contribution in [0.1, 0.15) is 0 Å². The van der Waals surface area contributed by atoms with Crippen LogP contribution in [0.3, 0.4) is 0 Å². The quantitative estimate of drug-likeness (QED) is 0.909. The molecule has 0 bridgehead atoms. The maximum absolute atomic E-state index is 12.1. The van der Waals surface area contributed by atoms with Crippen LogP contribution in [-0.4, -0.2) is 27.9 Å². The second-order valence-electron chi connectivity index (χ2n) is 4.57. The molecule has 0 saturated heterocycles. The fraction of sp³-hybridized carbons (Fsp3) is 0.133. The Morgan fingerprint density at radius 3 is 2.45 bits per heavy atom. The molecule has 0 aliphatic carbocycles. The molecule has 0 heterocycles. The van der Waals surface area contributed by atoms with Gasteiger partial charge in [-0.25, -0.2) is 13.1 Å². The van der Waals surface area contributed by atoms with Gasteiger partial charge in [-0.15, -0.1) is 0 Å². The van der Waals surface area contributed by atoms with E-state index in [0.717, 1.165) is 0 Å². The monoisotopic (exact) mass is 338 g/mol. The van der Waals surface area contributed by atoms with E-state index in [0.29, 0.717) is 10.7 Å². The van der Waals surface area contributed by atoms with E-state index < -0.39 is 10.0 Å². The minimum absolute atomic E-state index is 0.0233. The number of hydrogen-bond acceptors (Lipinski definition) is 3. The molecule has 0 fully saturated rings. The molecular weight excluding hydrogens is 324 g/mol. The molecule has 7 heteroatoms. The third-order valence-corrected chi connectivity index (χ3v) is 4.67. The molecule has 0 aliphatic heterocycles. The second kappa shape index (κ2) is 6.91. The van der Waals surface area contributed by atoms with Crippen LogP contribution in [0.2, 0.25) is 5.02 Å². The van der Waals surface area contributed by atoms with Crippen LogP contribution in [0.4, 0.5) is 5.69 Å². The average molecular weight is 339 g/mol. The number of halogens is 1. The van der Waals surface area contributed by atoms with Gasteiger partial charge in [0.15, 0.2) is 0 Å². The minimum Gasteiger partial charge on any atom is -0.314 e. The molecule has 1 amide bonds. The Kier molecular flexibility index (Phi) is 5.18. The van der Waals surface area contributed by atoms with Gasteiger partial charge in [-0.2, -0.15) is 0 Å². The number of amides is 1. The van der Waals surface area contributed by atoms with Crippen molar-refractivity contribution < 1.29 is 13.2 Å². The molecule has 5 nitrogen and oxygen atoms in total. The molecule has 22 heavy (non-hydrogen) atoms. The van der Waals surface area contributed by atoms with Gasteiger partial charge in [-0.3, -0.25) is 4.79 Å². The van der Waals surface area contributed by atoms with Gasteiger partial charge >= 0.3 is 0 Å². The first kappa shape index (κ1) is 16.5. The lowest BCUT2D eigenvalue weighted by Gasteiger charge is -2.17. The topological polar surface area (TPSA) is 66.5 Å². The van der Waals surface area contributed by atoms with Gasteiger partial charge in [0.05, 0.1) is 11.4 Å². The maximum atomic E-state index is 12.1. The largest absolute Gasteiger partial charge is 0.314 e. The summed E-state index contributed by atoms with van der Waals surface area (Å²) in [6, 6.07) is 14.8. The van der Waals surface area contributed by atoms with E-state index in [1.54, 1.807) is 37.4 Å². The molecule has 1 N–H and O–H groups in total. The number of rotatable bonds is 5. The zero-order valence-electron chi connectivity index (χ0n) is 11.9. The summed E-state index contributed by atoms with van der Waals surface area (Å²) in [7, 11) is -2.19. The van der Waals surface area contributed by atoms with E-state index in [2.05, 4.69) is 4.72 Å². The SMILES string of the molecule is CN(C(=O)CNS(=O)(=O)c1cccc(Cl)c1)c1ccccc1. The number of benzene rings is 2. The van der Waals surface area contributed by atoms with Gasteiger partial charge in [0.25, 0.3) is 0 Å². The van der Waals surface area contributed by atoms with Crippen molar-refractivity contribution in [1.29, 1.82) is 0 Å². The lowest BCUT2D eigenvalue weighted by Crippen LogP contribution is -2.38. The first-order valence-corrected chi connectivity index (χ1v) is 8.33. The zero-order chi connectivity index (χ0) is 16.2. The third-order valence-electron chi connectivity index (χ3n) is 3.04. The Bertz CT molecular complexity index is 763. The van der Waals surface area contributed by atoms with Crippen LogP contribution in [-0.2, 0) is 14.8 Å². The van der Waals surface area contributed by atoms with Gasteiger partial charge in [0.2, 0.25) is 15.9 Å². The number of para-hydroxylation sites is 1. The zero-order valence-corrected chi connectivity index (χ0v) is 13.4. The van der Waals surface area contributed by atoms with E-state index in [1.807, 2.05) is 6.07 Å². The van der Waals surface area contributed by atoms with Gasteiger partial charge < -0.3 is 4.90 Å². The molecule has 0 aliphatic rings. The van der Waals surface area contributed by atoms with Gasteiger partial charge in [-0.1, -0.05) is 35.9 Å². The Hall–Kier alpha value is -1.89. The van der Waals surface area contributed by atoms with E-state index in [1.165, 1.54) is 23.1 Å². The highest BCUT2D eigenvalue weighted by molar-refractivity contribution is 7.89. The van der Waals surface area contributed by atoms with Crippen molar-refractivity contribution in [1.82, 2.24) is 4.72 Å². The number of anilines is 1. The molecule has 0 atom stereocenters. The summed E-state index contributed by atoms with van der Waals surface area (Å²) in [5, 5.41) is 0.315. The summed E-state index contributed by atoms with van der Waals surface area (Å²) in [5.41, 5.74) is 0.689. The highest BCUT2D eigenvalue weighted by atomic mass is 35.5. The number of sulfonamides is 1. The Morgan fingerprint density at radius 2 is 1.82 bits per heavy atom. The number of hydrogen-bond donors (Lipinski definition) is 1. The molecule has 0 aromatic heterocycles. The van der Waals surface area contributed by atoms with Gasteiger partial charge in [0.1, 0.15) is 0 Å². The maximum Gasteiger partial charge on any atom is 0.241 e. The second-order valence-corrected chi connectivity index (χ2v) is 6.77. The number of nitrogens with zero attached hydrogens (tertiary/aromatic N) is 1. The van der Waals surface area contributed by atoms with Crippen molar-refractivity contribution in [3.8, 4) is 0 Å². The van der Waals surface area contributed by atoms with Crippen molar-refractivity contribution in [3.05, 3.63) is 59.6 Å². The summed E-state index contributed by atoms with van der Waals surface area (Å²) >= 11 is 5.78. The fourth-order valence-corrected chi connectivity index (χ4v) is 3.06. The van der Waals surface area contributed by atoms with Crippen molar-refractivity contribution in [2.75, 3.05) is 18.5 Å². The predicted molar refractivity (Wildman–Crippen MR) is 86.5 cm³/mol. The first-order chi connectivity index (χ1) is 10.4. The lowest BCUT2D eigenvalue weighted by atomic mass is 10.3. The van der Waals surface area contributed by atoms with Crippen molar-refractivity contribution in [2.24, 2.45) is 0 Å². The number of nitrogens with one attached hydrogen (secondary N) is 1. The first-order valence-electron chi connectivity index (χ1n) is 6.47. The molecule has 116 valence electrons. The van der Waals surface area contributed by atoms with Crippen LogP contribution in [0, 0.1) is 0 Å². The Morgan fingerprint density at radius 1 is 1.14 bits per heavy atom. The number of likely N-dealkylation sites (N-methyl/N-ethyl adjacent to an activating group) is 1. The van der Waals surface area contributed by atoms with Crippen LogP contribution >= 0.6 is 11.6 Å². The molecule has 2 rings (SSSR count). The predicted octanol–water partition coefficient (Wildman–Crippen LogP) is 2.28. The summed E-state index contributed by atoms with van der Waals surface area (Å²) < 4.78 is 26.5. The van der Waals surface area contributed by atoms with E-state index in [4.69, 9.17) is 11.6 Å². The summed E-state index contributed by atoms with van der Waals surface area (Å²) in [5.74, 6) is -0.364. The van der Waals surface area contributed by atoms with Gasteiger partial charge in [0, 0.05) is 17.8 Å². The van der Waals surface area contributed by atoms with Crippen LogP contribution in [0.5, 0.6) is 0 Å². The average Bonchev–Trinajstić information content (AvgIpc) is 2.53. The highest BCUT2D eigenvalue weighted by Gasteiger charge is 2.18. The number of carbonyl (C=O) groups excluding carboxylic acids is 1. The summed E-state index contributed by atoms with van der Waals surface area (Å²) in [6.45, 7) is -0.333. The Labute approximate surface area is 134 Å². The molecule has 2 aromatic rings. The molecule has 2 aromatic carbocycles. The van der Waals surface area contributed by atoms with E-state index in [-0.39, 0.29) is 17.3 Å². The van der Waals surface area contributed by atoms with E-state index in [9.17, 15) is 13.2 Å². The molecule has 0 saturated carbocycles. The van der Waals surface area contributed by atoms with E-state index >= 15 is 0 Å². The molecule has 0 radical (unpaired) electrons. The summed E-state index contributed by atoms with van der Waals surface area (Å²) in [6.07, 6.45) is 0. The van der Waals surface area contributed by atoms with Crippen molar-refractivity contribution in [2.45, 2.75) is 4.90 Å². The Balaban J connectivity index is 2.04. The fourth-order valence-electron chi connectivity index (χ4n) is 1.79. The van der Waals surface area contributed by atoms with Crippen molar-refractivity contribution >= 4 is 33.2 Å². The lowest BCUT2D eigenvalue weighted by molar-refractivity contribution is -0.117. The summed E-state index contributed by atoms with van der Waals surface area (Å²) in [4.78, 5) is 13.5.